The van der Waals surface area contributed by atoms with E-state index in [0.717, 1.165) is 12.8 Å². The third-order valence-corrected chi connectivity index (χ3v) is 5.11. The highest BCUT2D eigenvalue weighted by Gasteiger charge is 2.46. The monoisotopic (exact) mass is 321 g/mol. The molecular formula is C17H27N3O3. The summed E-state index contributed by atoms with van der Waals surface area (Å²) in [5.74, 6) is 0.326. The number of hydrogen-bond donors (Lipinski definition) is 2. The van der Waals surface area contributed by atoms with E-state index >= 15 is 0 Å². The Morgan fingerprint density at radius 3 is 2.70 bits per heavy atom. The SMILES string of the molecule is CC(C)(C)[C@H]1C[C@@H](O)CC2(CCN(C(=O)c3ncc[nH]3)CC2)O1. The number of amides is 1. The van der Waals surface area contributed by atoms with Crippen molar-refractivity contribution in [3.8, 4) is 0 Å². The number of ether oxygens (including phenoxy) is 1. The quantitative estimate of drug-likeness (QED) is 0.829. The largest absolute Gasteiger partial charge is 0.393 e. The third-order valence-electron chi connectivity index (χ3n) is 5.11. The molecular weight excluding hydrogens is 294 g/mol. The minimum atomic E-state index is -0.319. The molecule has 1 aromatic heterocycles. The van der Waals surface area contributed by atoms with Crippen LogP contribution >= 0.6 is 0 Å². The Bertz CT molecular complexity index is 542. The predicted octanol–water partition coefficient (Wildman–Crippen LogP) is 1.97. The van der Waals surface area contributed by atoms with Crippen LogP contribution in [0.5, 0.6) is 0 Å². The van der Waals surface area contributed by atoms with Crippen LogP contribution in [-0.4, -0.2) is 56.8 Å². The number of likely N-dealkylation sites (tertiary alicyclic amines) is 1. The van der Waals surface area contributed by atoms with E-state index in [1.165, 1.54) is 0 Å². The molecule has 0 aliphatic carbocycles. The molecule has 6 nitrogen and oxygen atoms in total. The zero-order valence-electron chi connectivity index (χ0n) is 14.2. The highest BCUT2D eigenvalue weighted by atomic mass is 16.5. The minimum absolute atomic E-state index is 0.00945. The number of aromatic nitrogens is 2. The average Bonchev–Trinajstić information content (AvgIpc) is 3.00. The molecule has 0 aromatic carbocycles. The van der Waals surface area contributed by atoms with Gasteiger partial charge in [0.15, 0.2) is 5.82 Å². The normalized spacial score (nSPS) is 28.1. The van der Waals surface area contributed by atoms with Crippen molar-refractivity contribution in [3.05, 3.63) is 18.2 Å². The fraction of sp³-hybridized carbons (Fsp3) is 0.765. The summed E-state index contributed by atoms with van der Waals surface area (Å²) in [6.45, 7) is 7.74. The fourth-order valence-corrected chi connectivity index (χ4v) is 3.66. The molecule has 0 radical (unpaired) electrons. The molecule has 0 bridgehead atoms. The van der Waals surface area contributed by atoms with Crippen LogP contribution in [0, 0.1) is 5.41 Å². The zero-order valence-corrected chi connectivity index (χ0v) is 14.2. The van der Waals surface area contributed by atoms with Crippen LogP contribution in [0.2, 0.25) is 0 Å². The van der Waals surface area contributed by atoms with Gasteiger partial charge in [0, 0.05) is 38.3 Å². The smallest absolute Gasteiger partial charge is 0.289 e. The van der Waals surface area contributed by atoms with Crippen molar-refractivity contribution in [2.45, 2.75) is 64.3 Å². The summed E-state index contributed by atoms with van der Waals surface area (Å²) in [6.07, 6.45) is 5.88. The number of imidazole rings is 1. The van der Waals surface area contributed by atoms with Crippen LogP contribution in [0.4, 0.5) is 0 Å². The summed E-state index contributed by atoms with van der Waals surface area (Å²) in [6, 6.07) is 0. The molecule has 2 aliphatic rings. The number of H-pyrrole nitrogens is 1. The number of hydrogen-bond acceptors (Lipinski definition) is 4. The first-order valence-electron chi connectivity index (χ1n) is 8.44. The van der Waals surface area contributed by atoms with Crippen LogP contribution in [0.25, 0.3) is 0 Å². The lowest BCUT2D eigenvalue weighted by Crippen LogP contribution is -2.55. The topological polar surface area (TPSA) is 78.5 Å². The Balaban J connectivity index is 1.66. The molecule has 0 unspecified atom stereocenters. The van der Waals surface area contributed by atoms with Gasteiger partial charge in [-0.25, -0.2) is 4.98 Å². The van der Waals surface area contributed by atoms with Gasteiger partial charge in [-0.1, -0.05) is 20.8 Å². The molecule has 1 amide bonds. The van der Waals surface area contributed by atoms with Crippen LogP contribution in [0.1, 0.15) is 57.1 Å². The van der Waals surface area contributed by atoms with Crippen molar-refractivity contribution in [1.29, 1.82) is 0 Å². The molecule has 2 saturated heterocycles. The van der Waals surface area contributed by atoms with Gasteiger partial charge in [-0.2, -0.15) is 0 Å². The van der Waals surface area contributed by atoms with Gasteiger partial charge in [-0.3, -0.25) is 4.79 Å². The number of rotatable bonds is 1. The Hall–Kier alpha value is -1.40. The van der Waals surface area contributed by atoms with Gasteiger partial charge >= 0.3 is 0 Å². The number of piperidine rings is 1. The van der Waals surface area contributed by atoms with E-state index in [-0.39, 0.29) is 29.1 Å². The van der Waals surface area contributed by atoms with E-state index in [9.17, 15) is 9.90 Å². The summed E-state index contributed by atoms with van der Waals surface area (Å²) in [5, 5.41) is 10.3. The highest BCUT2D eigenvalue weighted by Crippen LogP contribution is 2.42. The van der Waals surface area contributed by atoms with Crippen LogP contribution < -0.4 is 0 Å². The molecule has 2 aliphatic heterocycles. The molecule has 6 heteroatoms. The Morgan fingerprint density at radius 1 is 1.43 bits per heavy atom. The second kappa shape index (κ2) is 5.91. The molecule has 2 fully saturated rings. The van der Waals surface area contributed by atoms with E-state index in [0.29, 0.717) is 31.8 Å². The Labute approximate surface area is 137 Å². The maximum absolute atomic E-state index is 12.4. The molecule has 23 heavy (non-hydrogen) atoms. The number of nitrogens with one attached hydrogen (secondary N) is 1. The second-order valence-corrected chi connectivity index (χ2v) is 7.98. The summed E-state index contributed by atoms with van der Waals surface area (Å²) in [5.41, 5.74) is -0.287. The van der Waals surface area contributed by atoms with E-state index in [2.05, 4.69) is 30.7 Å². The third kappa shape index (κ3) is 3.43. The van der Waals surface area contributed by atoms with E-state index in [4.69, 9.17) is 4.74 Å². The van der Waals surface area contributed by atoms with E-state index in [1.54, 1.807) is 12.4 Å². The molecule has 2 atom stereocenters. The first-order valence-corrected chi connectivity index (χ1v) is 8.44. The zero-order chi connectivity index (χ0) is 16.7. The Kier molecular flexibility index (Phi) is 4.23. The maximum atomic E-state index is 12.4. The standard InChI is InChI=1S/C17H27N3O3/c1-16(2,3)13-10-12(21)11-17(23-13)4-8-20(9-5-17)15(22)14-18-6-7-19-14/h6-7,12-13,21H,4-5,8-11H2,1-3H3,(H,18,19)/t12-,13-/m1/s1. The van der Waals surface area contributed by atoms with E-state index < -0.39 is 0 Å². The van der Waals surface area contributed by atoms with Crippen molar-refractivity contribution in [2.75, 3.05) is 13.1 Å². The molecule has 128 valence electrons. The number of nitrogens with zero attached hydrogens (tertiary/aromatic N) is 2. The maximum Gasteiger partial charge on any atom is 0.289 e. The number of aliphatic hydroxyl groups is 1. The van der Waals surface area contributed by atoms with Gasteiger partial charge in [-0.05, 0) is 18.3 Å². The van der Waals surface area contributed by atoms with Gasteiger partial charge in [0.25, 0.3) is 5.91 Å². The highest BCUT2D eigenvalue weighted by molar-refractivity contribution is 5.90. The van der Waals surface area contributed by atoms with Crippen molar-refractivity contribution in [2.24, 2.45) is 5.41 Å². The van der Waals surface area contributed by atoms with Gasteiger partial charge < -0.3 is 19.7 Å². The summed E-state index contributed by atoms with van der Waals surface area (Å²) in [4.78, 5) is 21.1. The van der Waals surface area contributed by atoms with Crippen molar-refractivity contribution < 1.29 is 14.6 Å². The van der Waals surface area contributed by atoms with Gasteiger partial charge in [0.2, 0.25) is 0 Å². The lowest BCUT2D eigenvalue weighted by Gasteiger charge is -2.50. The van der Waals surface area contributed by atoms with Crippen LogP contribution in [0.15, 0.2) is 12.4 Å². The summed E-state index contributed by atoms with van der Waals surface area (Å²) < 4.78 is 6.45. The lowest BCUT2D eigenvalue weighted by molar-refractivity contribution is -0.205. The number of aliphatic hydroxyl groups excluding tert-OH is 1. The average molecular weight is 321 g/mol. The van der Waals surface area contributed by atoms with E-state index in [1.807, 2.05) is 4.90 Å². The van der Waals surface area contributed by atoms with Crippen LogP contribution in [-0.2, 0) is 4.74 Å². The molecule has 2 N–H and O–H groups in total. The Morgan fingerprint density at radius 2 is 2.13 bits per heavy atom. The number of carbonyl (C=O) groups excluding carboxylic acids is 1. The van der Waals surface area contributed by atoms with Gasteiger partial charge in [0.05, 0.1) is 17.8 Å². The molecule has 3 heterocycles. The van der Waals surface area contributed by atoms with Gasteiger partial charge in [0.1, 0.15) is 0 Å². The first-order chi connectivity index (χ1) is 10.8. The molecule has 3 rings (SSSR count). The minimum Gasteiger partial charge on any atom is -0.393 e. The lowest BCUT2D eigenvalue weighted by atomic mass is 9.76. The number of carbonyl (C=O) groups is 1. The predicted molar refractivity (Wildman–Crippen MR) is 86.0 cm³/mol. The van der Waals surface area contributed by atoms with Gasteiger partial charge in [-0.15, -0.1) is 0 Å². The van der Waals surface area contributed by atoms with Crippen molar-refractivity contribution in [3.63, 3.8) is 0 Å². The summed E-state index contributed by atoms with van der Waals surface area (Å²) >= 11 is 0. The molecule has 0 saturated carbocycles. The number of aromatic amines is 1. The first kappa shape index (κ1) is 16.5. The fourth-order valence-electron chi connectivity index (χ4n) is 3.66. The second-order valence-electron chi connectivity index (χ2n) is 7.98. The molecule has 1 spiro atoms. The van der Waals surface area contributed by atoms with Crippen LogP contribution in [0.3, 0.4) is 0 Å². The molecule has 1 aromatic rings. The van der Waals surface area contributed by atoms with Crippen molar-refractivity contribution in [1.82, 2.24) is 14.9 Å². The summed E-state index contributed by atoms with van der Waals surface area (Å²) in [7, 11) is 0. The van der Waals surface area contributed by atoms with Crippen molar-refractivity contribution >= 4 is 5.91 Å².